The van der Waals surface area contributed by atoms with Crippen LogP contribution in [0.4, 0.5) is 0 Å². The summed E-state index contributed by atoms with van der Waals surface area (Å²) in [5.74, 6) is 0. The Morgan fingerprint density at radius 3 is 1.71 bits per heavy atom. The molecule has 0 bridgehead atoms. The van der Waals surface area contributed by atoms with Gasteiger partial charge in [0.1, 0.15) is 0 Å². The average molecular weight is 415 g/mol. The predicted octanol–water partition coefficient (Wildman–Crippen LogP) is 6.57. The summed E-state index contributed by atoms with van der Waals surface area (Å²) in [5, 5.41) is 5.40. The van der Waals surface area contributed by atoms with Crippen molar-refractivity contribution in [3.8, 4) is 11.1 Å². The quantitative estimate of drug-likeness (QED) is 0.560. The second-order valence-electron chi connectivity index (χ2n) is 9.84. The molecule has 0 amide bonds. The molecule has 2 heterocycles. The molecule has 0 aromatic carbocycles. The van der Waals surface area contributed by atoms with Crippen molar-refractivity contribution in [1.82, 2.24) is 3.80 Å². The number of hydrogen-bond donors (Lipinski definition) is 1. The van der Waals surface area contributed by atoms with E-state index in [0.717, 1.165) is 0 Å². The van der Waals surface area contributed by atoms with Crippen LogP contribution in [-0.4, -0.2) is 12.2 Å². The van der Waals surface area contributed by atoms with Crippen LogP contribution in [0.5, 0.6) is 0 Å². The van der Waals surface area contributed by atoms with Crippen LogP contribution in [0.15, 0.2) is 12.1 Å². The number of fused-ring (bicyclic) bond motifs is 3. The molecule has 24 heavy (non-hydrogen) atoms. The van der Waals surface area contributed by atoms with E-state index in [1.54, 1.807) is 20.9 Å². The van der Waals surface area contributed by atoms with E-state index in [-0.39, 0.29) is 5.54 Å². The topological polar surface area (TPSA) is 12.0 Å². The van der Waals surface area contributed by atoms with Crippen LogP contribution in [0.2, 0.25) is 23.6 Å². The number of nitrogens with one attached hydrogen (secondary N) is 1. The Hall–Kier alpha value is 0.291. The molecule has 0 fully saturated rings. The van der Waals surface area contributed by atoms with Crippen molar-refractivity contribution in [1.29, 1.82) is 0 Å². The zero-order valence-electron chi connectivity index (χ0n) is 16.6. The fourth-order valence-electron chi connectivity index (χ4n) is 4.57. The van der Waals surface area contributed by atoms with Gasteiger partial charge in [-0.2, -0.15) is 0 Å². The van der Waals surface area contributed by atoms with Gasteiger partial charge in [0.2, 0.25) is 0 Å². The van der Waals surface area contributed by atoms with Gasteiger partial charge in [-0.15, -0.1) is 0 Å². The maximum atomic E-state index is 4.32. The molecule has 133 valence electrons. The molecule has 0 radical (unpaired) electrons. The SMILES string of the molecule is Cc1cc2c(s1)[CH]([Ti]([CH3])([CH3])([NH]C(C)(C)C)[SiH](C)C)c1sc(C)cc1-2. The number of thiophene rings is 2. The summed E-state index contributed by atoms with van der Waals surface area (Å²) in [6.45, 7) is 15.9. The van der Waals surface area contributed by atoms with Crippen molar-refractivity contribution in [2.24, 2.45) is 0 Å². The van der Waals surface area contributed by atoms with Crippen molar-refractivity contribution >= 4 is 29.3 Å². The Kier molecular flexibility index (Phi) is 4.48. The van der Waals surface area contributed by atoms with Gasteiger partial charge in [-0.05, 0) is 0 Å². The molecule has 1 nitrogen and oxygen atoms in total. The first-order valence-corrected chi connectivity index (χ1v) is 21.1. The van der Waals surface area contributed by atoms with Gasteiger partial charge < -0.3 is 0 Å². The van der Waals surface area contributed by atoms with E-state index >= 15 is 0 Å². The van der Waals surface area contributed by atoms with E-state index in [9.17, 15) is 0 Å². The van der Waals surface area contributed by atoms with Gasteiger partial charge in [0.05, 0.1) is 0 Å². The van der Waals surface area contributed by atoms with Crippen LogP contribution in [-0.2, 0) is 14.8 Å². The maximum absolute atomic E-state index is 4.32. The molecule has 0 spiro atoms. The average Bonchev–Trinajstić information content (AvgIpc) is 2.95. The molecule has 0 saturated heterocycles. The van der Waals surface area contributed by atoms with Crippen LogP contribution in [0.3, 0.4) is 0 Å². The third-order valence-corrected chi connectivity index (χ3v) is 37.1. The fraction of sp³-hybridized carbons (Fsp3) is 0.579. The van der Waals surface area contributed by atoms with Gasteiger partial charge >= 0.3 is 159 Å². The minimum atomic E-state index is -2.94. The molecule has 3 rings (SSSR count). The summed E-state index contributed by atoms with van der Waals surface area (Å²) in [4.78, 5) is 6.28. The molecule has 1 N–H and O–H groups in total. The molecular weight excluding hydrogens is 382 g/mol. The molecule has 5 heteroatoms. The van der Waals surface area contributed by atoms with Crippen molar-refractivity contribution in [2.45, 2.75) is 67.9 Å². The summed E-state index contributed by atoms with van der Waals surface area (Å²) in [6.07, 6.45) is 0. The van der Waals surface area contributed by atoms with Crippen molar-refractivity contribution < 1.29 is 14.8 Å². The van der Waals surface area contributed by atoms with Gasteiger partial charge in [0, 0.05) is 0 Å². The zero-order chi connectivity index (χ0) is 18.1. The van der Waals surface area contributed by atoms with Crippen molar-refractivity contribution in [2.75, 3.05) is 0 Å². The van der Waals surface area contributed by atoms with Crippen LogP contribution < -0.4 is 3.80 Å². The van der Waals surface area contributed by atoms with Crippen LogP contribution in [0, 0.1) is 13.8 Å². The van der Waals surface area contributed by atoms with E-state index in [4.69, 9.17) is 0 Å². The molecule has 2 aromatic rings. The van der Waals surface area contributed by atoms with Gasteiger partial charge in [0.15, 0.2) is 0 Å². The number of rotatable bonds is 3. The van der Waals surface area contributed by atoms with Gasteiger partial charge in [-0.3, -0.25) is 0 Å². The second kappa shape index (κ2) is 5.64. The Labute approximate surface area is 157 Å². The van der Waals surface area contributed by atoms with Crippen molar-refractivity contribution in [3.05, 3.63) is 31.6 Å². The molecule has 1 aliphatic carbocycles. The zero-order valence-corrected chi connectivity index (χ0v) is 21.0. The molecule has 0 unspecified atom stereocenters. The van der Waals surface area contributed by atoms with Crippen LogP contribution >= 0.6 is 22.7 Å². The van der Waals surface area contributed by atoms with E-state index < -0.39 is 21.5 Å². The molecule has 2 aromatic heterocycles. The number of aryl methyl sites for hydroxylation is 2. The van der Waals surface area contributed by atoms with Crippen molar-refractivity contribution in [3.63, 3.8) is 0 Å². The first kappa shape index (κ1) is 19.1. The van der Waals surface area contributed by atoms with Crippen LogP contribution in [0.1, 0.15) is 44.5 Å². The first-order chi connectivity index (χ1) is 10.8. The third kappa shape index (κ3) is 2.87. The van der Waals surface area contributed by atoms with E-state index in [0.29, 0.717) is 4.22 Å². The summed E-state index contributed by atoms with van der Waals surface area (Å²) in [6, 6.07) is 4.88. The van der Waals surface area contributed by atoms with Crippen LogP contribution in [0.25, 0.3) is 11.1 Å². The summed E-state index contributed by atoms with van der Waals surface area (Å²) in [5.41, 5.74) is 3.28. The standard InChI is InChI=1S/C11H9S2.C4H10N.C2H7Si.2CH3.Ti/c1-6-3-8-9-4-7(2)13-11(9)5-10(8)12-6;1-4(2,3)5;1-3-2;;;/h3-5H,1-2H3;5H,1-3H3;3H,1-2H3;2*1H3;/q;-1;;;;+1. The Bertz CT molecular complexity index is 749. The Balaban J connectivity index is 2.29. The molecule has 0 atom stereocenters. The Morgan fingerprint density at radius 2 is 1.38 bits per heavy atom. The predicted molar refractivity (Wildman–Crippen MR) is 112 cm³/mol. The summed E-state index contributed by atoms with van der Waals surface area (Å²) >= 11 is 1.18. The number of hydrogen-bond acceptors (Lipinski definition) is 3. The molecular formula is C19H32NS2SiTi. The molecule has 0 saturated carbocycles. The molecule has 1 aliphatic rings. The van der Waals surface area contributed by atoms with Gasteiger partial charge in [-0.1, -0.05) is 0 Å². The Morgan fingerprint density at radius 1 is 0.958 bits per heavy atom. The third-order valence-electron chi connectivity index (χ3n) is 6.02. The summed E-state index contributed by atoms with van der Waals surface area (Å²) in [7, 11) is 0. The minimum absolute atomic E-state index is 0.180. The molecule has 0 aliphatic heterocycles. The first-order valence-electron chi connectivity index (χ1n) is 9.03. The van der Waals surface area contributed by atoms with E-state index in [1.165, 1.54) is 9.75 Å². The second-order valence-corrected chi connectivity index (χ2v) is 36.9. The van der Waals surface area contributed by atoms with Gasteiger partial charge in [0.25, 0.3) is 0 Å². The summed E-state index contributed by atoms with van der Waals surface area (Å²) < 4.78 is 4.98. The monoisotopic (exact) mass is 414 g/mol. The normalized spacial score (nSPS) is 17.0. The fourth-order valence-corrected chi connectivity index (χ4v) is 26.8. The van der Waals surface area contributed by atoms with Gasteiger partial charge in [-0.25, -0.2) is 0 Å². The van der Waals surface area contributed by atoms with E-state index in [2.05, 4.69) is 96.8 Å². The van der Waals surface area contributed by atoms with E-state index in [1.807, 2.05) is 0 Å².